The lowest BCUT2D eigenvalue weighted by molar-refractivity contribution is -0.120. The zero-order valence-corrected chi connectivity index (χ0v) is 16.5. The van der Waals surface area contributed by atoms with E-state index in [0.717, 1.165) is 0 Å². The first-order valence-corrected chi connectivity index (χ1v) is 9.52. The molecule has 28 heavy (non-hydrogen) atoms. The first-order chi connectivity index (χ1) is 13.4. The Morgan fingerprint density at radius 1 is 1.46 bits per heavy atom. The van der Waals surface area contributed by atoms with Gasteiger partial charge in [0, 0.05) is 6.54 Å². The zero-order valence-electron chi connectivity index (χ0n) is 15.0. The number of nitriles is 1. The number of likely N-dealkylation sites (tertiary alicyclic amines) is 1. The van der Waals surface area contributed by atoms with E-state index in [1.54, 1.807) is 17.9 Å². The van der Waals surface area contributed by atoms with E-state index in [-0.39, 0.29) is 29.0 Å². The molecule has 3 saturated heterocycles. The van der Waals surface area contributed by atoms with Gasteiger partial charge in [-0.2, -0.15) is 5.26 Å². The van der Waals surface area contributed by atoms with Crippen molar-refractivity contribution in [1.82, 2.24) is 15.1 Å². The lowest BCUT2D eigenvalue weighted by atomic mass is 10.1. The van der Waals surface area contributed by atoms with Crippen molar-refractivity contribution >= 4 is 46.6 Å². The lowest BCUT2D eigenvalue weighted by Crippen LogP contribution is -2.56. The fraction of sp³-hybridized carbons (Fsp3) is 0.368. The molecule has 0 aliphatic carbocycles. The number of hydrogen-bond acceptors (Lipinski definition) is 4. The van der Waals surface area contributed by atoms with Gasteiger partial charge in [0.2, 0.25) is 0 Å². The predicted octanol–water partition coefficient (Wildman–Crippen LogP) is 1.62. The minimum Gasteiger partial charge on any atom is -0.352 e. The molecule has 7 nitrogen and oxygen atoms in total. The number of urea groups is 1. The summed E-state index contributed by atoms with van der Waals surface area (Å²) in [5.41, 5.74) is 1.24. The van der Waals surface area contributed by atoms with Crippen LogP contribution in [0, 0.1) is 30.6 Å². The molecule has 3 unspecified atom stereocenters. The SMILES string of the molecule is C#CCNC(=S)N1CC2CC1C1C(=O)N(c3ccc(C#N)c(Cl)c3C)C(=O)N21. The van der Waals surface area contributed by atoms with Gasteiger partial charge in [-0.3, -0.25) is 4.79 Å². The van der Waals surface area contributed by atoms with E-state index in [1.807, 2.05) is 11.0 Å². The van der Waals surface area contributed by atoms with E-state index in [2.05, 4.69) is 11.2 Å². The third-order valence-corrected chi connectivity index (χ3v) is 6.45. The van der Waals surface area contributed by atoms with Crippen molar-refractivity contribution in [2.24, 2.45) is 0 Å². The normalized spacial score (nSPS) is 25.0. The average Bonchev–Trinajstić information content (AvgIpc) is 3.34. The van der Waals surface area contributed by atoms with Crippen molar-refractivity contribution in [2.75, 3.05) is 18.0 Å². The Morgan fingerprint density at radius 3 is 2.89 bits per heavy atom. The van der Waals surface area contributed by atoms with E-state index in [4.69, 9.17) is 35.5 Å². The van der Waals surface area contributed by atoms with Gasteiger partial charge in [0.05, 0.1) is 34.9 Å². The average molecular weight is 414 g/mol. The molecule has 3 aliphatic rings. The lowest BCUT2D eigenvalue weighted by Gasteiger charge is -2.36. The Kier molecular flexibility index (Phi) is 4.41. The van der Waals surface area contributed by atoms with Crippen LogP contribution in [0.4, 0.5) is 10.5 Å². The molecule has 142 valence electrons. The summed E-state index contributed by atoms with van der Waals surface area (Å²) in [6, 6.07) is 3.90. The summed E-state index contributed by atoms with van der Waals surface area (Å²) >= 11 is 11.6. The summed E-state index contributed by atoms with van der Waals surface area (Å²) in [6.07, 6.45) is 5.97. The standard InChI is InChI=1S/C19H16ClN5O2S/c1-3-6-22-18(28)23-9-12-7-14(23)16-17(26)25(19(27)24(12)16)13-5-4-11(8-21)15(20)10(13)2/h1,4-5,12,14,16H,6-7,9H2,2H3,(H,22,28). The van der Waals surface area contributed by atoms with Crippen LogP contribution in [0.25, 0.3) is 0 Å². The van der Waals surface area contributed by atoms with E-state index >= 15 is 0 Å². The van der Waals surface area contributed by atoms with Crippen LogP contribution in [-0.4, -0.2) is 58.1 Å². The molecule has 3 amide bonds. The maximum Gasteiger partial charge on any atom is 0.332 e. The molecular weight excluding hydrogens is 398 g/mol. The smallest absolute Gasteiger partial charge is 0.332 e. The molecule has 0 spiro atoms. The van der Waals surface area contributed by atoms with Crippen molar-refractivity contribution in [3.05, 3.63) is 28.3 Å². The van der Waals surface area contributed by atoms with Crippen LogP contribution in [0.2, 0.25) is 5.02 Å². The number of amides is 3. The zero-order chi connectivity index (χ0) is 20.2. The monoisotopic (exact) mass is 413 g/mol. The maximum atomic E-state index is 13.2. The number of fused-ring (bicyclic) bond motifs is 5. The van der Waals surface area contributed by atoms with Gasteiger partial charge in [0.15, 0.2) is 5.11 Å². The molecule has 3 aliphatic heterocycles. The second kappa shape index (κ2) is 6.66. The third-order valence-electron chi connectivity index (χ3n) is 5.59. The highest BCUT2D eigenvalue weighted by atomic mass is 35.5. The number of thiocarbonyl (C=S) groups is 1. The first kappa shape index (κ1) is 18.5. The predicted molar refractivity (Wildman–Crippen MR) is 108 cm³/mol. The maximum absolute atomic E-state index is 13.2. The molecule has 4 rings (SSSR count). The van der Waals surface area contributed by atoms with Crippen molar-refractivity contribution in [2.45, 2.75) is 31.5 Å². The van der Waals surface area contributed by atoms with Crippen LogP contribution in [0.3, 0.4) is 0 Å². The molecule has 0 aromatic heterocycles. The fourth-order valence-electron chi connectivity index (χ4n) is 4.34. The summed E-state index contributed by atoms with van der Waals surface area (Å²) in [5.74, 6) is 2.18. The van der Waals surface area contributed by atoms with Gasteiger partial charge in [-0.15, -0.1) is 6.42 Å². The van der Waals surface area contributed by atoms with E-state index in [0.29, 0.717) is 41.4 Å². The number of halogens is 1. The van der Waals surface area contributed by atoms with Crippen LogP contribution < -0.4 is 10.2 Å². The second-order valence-electron chi connectivity index (χ2n) is 6.96. The number of carbonyl (C=O) groups is 2. The number of nitrogens with zero attached hydrogens (tertiary/aromatic N) is 4. The van der Waals surface area contributed by atoms with Gasteiger partial charge >= 0.3 is 6.03 Å². The number of anilines is 1. The number of benzene rings is 1. The number of rotatable bonds is 2. The number of nitrogens with one attached hydrogen (secondary N) is 1. The Labute approximate surface area is 172 Å². The van der Waals surface area contributed by atoms with Gasteiger partial charge < -0.3 is 15.1 Å². The molecule has 1 aromatic rings. The molecule has 3 fully saturated rings. The first-order valence-electron chi connectivity index (χ1n) is 8.74. The Hall–Kier alpha value is -2.81. The number of terminal acetylenes is 1. The molecule has 2 bridgehead atoms. The van der Waals surface area contributed by atoms with E-state index < -0.39 is 6.04 Å². The molecule has 0 saturated carbocycles. The van der Waals surface area contributed by atoms with Crippen LogP contribution in [-0.2, 0) is 4.79 Å². The Bertz CT molecular complexity index is 997. The van der Waals surface area contributed by atoms with Gasteiger partial charge in [-0.25, -0.2) is 9.69 Å². The van der Waals surface area contributed by atoms with Crippen molar-refractivity contribution in [3.63, 3.8) is 0 Å². The van der Waals surface area contributed by atoms with Crippen LogP contribution in [0.1, 0.15) is 17.5 Å². The molecule has 1 N–H and O–H groups in total. The second-order valence-corrected chi connectivity index (χ2v) is 7.73. The number of hydrogen-bond donors (Lipinski definition) is 1. The van der Waals surface area contributed by atoms with Gasteiger partial charge in [0.1, 0.15) is 12.1 Å². The fourth-order valence-corrected chi connectivity index (χ4v) is 4.83. The highest BCUT2D eigenvalue weighted by molar-refractivity contribution is 7.80. The summed E-state index contributed by atoms with van der Waals surface area (Å²) in [5, 5.41) is 12.9. The highest BCUT2D eigenvalue weighted by Gasteiger charge is 2.62. The number of piperazine rings is 1. The number of carbonyl (C=O) groups excluding carboxylic acids is 2. The van der Waals surface area contributed by atoms with E-state index in [9.17, 15) is 9.59 Å². The van der Waals surface area contributed by atoms with Crippen LogP contribution >= 0.6 is 23.8 Å². The van der Waals surface area contributed by atoms with Crippen LogP contribution in [0.5, 0.6) is 0 Å². The molecule has 3 heterocycles. The molecule has 9 heteroatoms. The van der Waals surface area contributed by atoms with Gasteiger partial charge in [-0.05, 0) is 43.3 Å². The topological polar surface area (TPSA) is 79.7 Å². The van der Waals surface area contributed by atoms with Gasteiger partial charge in [-0.1, -0.05) is 17.5 Å². The summed E-state index contributed by atoms with van der Waals surface area (Å²) in [6.45, 7) is 2.57. The summed E-state index contributed by atoms with van der Waals surface area (Å²) in [4.78, 5) is 31.1. The van der Waals surface area contributed by atoms with Crippen molar-refractivity contribution in [3.8, 4) is 18.4 Å². The summed E-state index contributed by atoms with van der Waals surface area (Å²) < 4.78 is 0. The Balaban J connectivity index is 1.65. The van der Waals surface area contributed by atoms with Crippen molar-refractivity contribution in [1.29, 1.82) is 5.26 Å². The third kappa shape index (κ3) is 2.46. The molecule has 1 aromatic carbocycles. The minimum atomic E-state index is -0.592. The highest BCUT2D eigenvalue weighted by Crippen LogP contribution is 2.43. The summed E-state index contributed by atoms with van der Waals surface area (Å²) in [7, 11) is 0. The number of imide groups is 1. The molecule has 3 atom stereocenters. The Morgan fingerprint density at radius 2 is 2.21 bits per heavy atom. The largest absolute Gasteiger partial charge is 0.352 e. The van der Waals surface area contributed by atoms with Crippen LogP contribution in [0.15, 0.2) is 12.1 Å². The molecule has 0 radical (unpaired) electrons. The van der Waals surface area contributed by atoms with Crippen molar-refractivity contribution < 1.29 is 9.59 Å². The van der Waals surface area contributed by atoms with Gasteiger partial charge in [0.25, 0.3) is 5.91 Å². The minimum absolute atomic E-state index is 0.0869. The quantitative estimate of drug-likeness (QED) is 0.451. The molecular formula is C19H16ClN5O2S. The van der Waals surface area contributed by atoms with E-state index in [1.165, 1.54) is 11.0 Å².